The summed E-state index contributed by atoms with van der Waals surface area (Å²) in [6.45, 7) is 4.64. The molecule has 1 N–H and O–H groups in total. The third-order valence-corrected chi connectivity index (χ3v) is 8.17. The van der Waals surface area contributed by atoms with E-state index >= 15 is 0 Å². The molecule has 0 aliphatic carbocycles. The lowest BCUT2D eigenvalue weighted by Crippen LogP contribution is -2.52. The molecule has 11 heteroatoms. The van der Waals surface area contributed by atoms with Gasteiger partial charge in [-0.15, -0.1) is 0 Å². The number of piperidine rings is 1. The van der Waals surface area contributed by atoms with Gasteiger partial charge in [-0.05, 0) is 31.0 Å². The number of halogens is 2. The van der Waals surface area contributed by atoms with Crippen LogP contribution in [-0.4, -0.2) is 86.2 Å². The summed E-state index contributed by atoms with van der Waals surface area (Å²) < 4.78 is 27.0. The molecule has 0 atom stereocenters. The van der Waals surface area contributed by atoms with Crippen LogP contribution in [0.2, 0.25) is 10.0 Å². The van der Waals surface area contributed by atoms with E-state index in [9.17, 15) is 18.0 Å². The van der Waals surface area contributed by atoms with Crippen molar-refractivity contribution in [3.63, 3.8) is 0 Å². The minimum atomic E-state index is -3.66. The fourth-order valence-electron chi connectivity index (χ4n) is 3.73. The van der Waals surface area contributed by atoms with Crippen LogP contribution in [-0.2, 0) is 19.6 Å². The van der Waals surface area contributed by atoms with E-state index in [2.05, 4.69) is 5.32 Å². The van der Waals surface area contributed by atoms with E-state index in [1.165, 1.54) is 22.5 Å². The number of hydrogen-bond donors (Lipinski definition) is 1. The van der Waals surface area contributed by atoms with Crippen molar-refractivity contribution in [1.29, 1.82) is 0 Å². The van der Waals surface area contributed by atoms with Crippen LogP contribution in [0.1, 0.15) is 19.8 Å². The lowest BCUT2D eigenvalue weighted by molar-refractivity contribution is -0.130. The van der Waals surface area contributed by atoms with Gasteiger partial charge in [0.1, 0.15) is 0 Å². The van der Waals surface area contributed by atoms with Gasteiger partial charge in [0.05, 0.1) is 21.5 Å². The standard InChI is InChI=1S/C19H26Cl2N4O4S/c1-14(26)24-6-4-15(5-7-24)22-19(27)13-23-8-10-25(11-9-23)30(28,29)16-2-3-17(20)18(21)12-16/h2-3,12,15H,4-11,13H2,1H3,(H,22,27). The van der Waals surface area contributed by atoms with Crippen molar-refractivity contribution in [3.8, 4) is 0 Å². The van der Waals surface area contributed by atoms with Gasteiger partial charge in [-0.1, -0.05) is 23.2 Å². The first kappa shape index (κ1) is 23.3. The summed E-state index contributed by atoms with van der Waals surface area (Å²) >= 11 is 11.8. The molecule has 0 unspecified atom stereocenters. The number of piperazine rings is 1. The molecule has 3 rings (SSSR count). The van der Waals surface area contributed by atoms with Crippen molar-refractivity contribution in [2.75, 3.05) is 45.8 Å². The Morgan fingerprint density at radius 1 is 1.03 bits per heavy atom. The van der Waals surface area contributed by atoms with Gasteiger partial charge in [-0.2, -0.15) is 4.31 Å². The third-order valence-electron chi connectivity index (χ3n) is 5.53. The summed E-state index contributed by atoms with van der Waals surface area (Å²) in [7, 11) is -3.66. The van der Waals surface area contributed by atoms with Crippen molar-refractivity contribution >= 4 is 45.0 Å². The minimum absolute atomic E-state index is 0.0634. The van der Waals surface area contributed by atoms with Gasteiger partial charge in [0.2, 0.25) is 21.8 Å². The molecule has 2 aliphatic rings. The van der Waals surface area contributed by atoms with E-state index in [0.29, 0.717) is 44.3 Å². The average Bonchev–Trinajstić information content (AvgIpc) is 2.70. The Kier molecular flexibility index (Phi) is 7.62. The van der Waals surface area contributed by atoms with Crippen molar-refractivity contribution in [2.45, 2.75) is 30.7 Å². The van der Waals surface area contributed by atoms with Crippen LogP contribution in [0.4, 0.5) is 0 Å². The highest BCUT2D eigenvalue weighted by Crippen LogP contribution is 2.27. The number of amides is 2. The summed E-state index contributed by atoms with van der Waals surface area (Å²) in [6, 6.07) is 4.35. The van der Waals surface area contributed by atoms with Crippen molar-refractivity contribution in [1.82, 2.24) is 19.4 Å². The second-order valence-electron chi connectivity index (χ2n) is 7.60. The monoisotopic (exact) mass is 476 g/mol. The quantitative estimate of drug-likeness (QED) is 0.693. The normalized spacial score (nSPS) is 19.6. The van der Waals surface area contributed by atoms with Crippen LogP contribution >= 0.6 is 23.2 Å². The van der Waals surface area contributed by atoms with E-state index in [0.717, 1.165) is 12.8 Å². The van der Waals surface area contributed by atoms with Gasteiger partial charge in [0.25, 0.3) is 0 Å². The molecule has 1 aromatic rings. The molecule has 8 nitrogen and oxygen atoms in total. The maximum absolute atomic E-state index is 12.8. The third kappa shape index (κ3) is 5.64. The van der Waals surface area contributed by atoms with Crippen LogP contribution in [0.5, 0.6) is 0 Å². The molecule has 2 aliphatic heterocycles. The Morgan fingerprint density at radius 2 is 1.67 bits per heavy atom. The number of hydrogen-bond acceptors (Lipinski definition) is 5. The van der Waals surface area contributed by atoms with Crippen LogP contribution in [0, 0.1) is 0 Å². The smallest absolute Gasteiger partial charge is 0.243 e. The Bertz CT molecular complexity index is 896. The number of nitrogens with zero attached hydrogens (tertiary/aromatic N) is 3. The molecule has 0 spiro atoms. The summed E-state index contributed by atoms with van der Waals surface area (Å²) in [6.07, 6.45) is 1.50. The molecule has 30 heavy (non-hydrogen) atoms. The highest BCUT2D eigenvalue weighted by molar-refractivity contribution is 7.89. The minimum Gasteiger partial charge on any atom is -0.352 e. The molecule has 2 heterocycles. The number of likely N-dealkylation sites (tertiary alicyclic amines) is 1. The lowest BCUT2D eigenvalue weighted by Gasteiger charge is -2.35. The van der Waals surface area contributed by atoms with Crippen molar-refractivity contribution in [3.05, 3.63) is 28.2 Å². The number of carbonyl (C=O) groups excluding carboxylic acids is 2. The highest BCUT2D eigenvalue weighted by Gasteiger charge is 2.30. The van der Waals surface area contributed by atoms with E-state index in [1.807, 2.05) is 4.90 Å². The summed E-state index contributed by atoms with van der Waals surface area (Å²) in [4.78, 5) is 27.6. The number of rotatable bonds is 5. The van der Waals surface area contributed by atoms with E-state index in [1.54, 1.807) is 11.8 Å². The first-order chi connectivity index (χ1) is 14.2. The van der Waals surface area contributed by atoms with E-state index in [4.69, 9.17) is 23.2 Å². The fourth-order valence-corrected chi connectivity index (χ4v) is 5.54. The van der Waals surface area contributed by atoms with E-state index in [-0.39, 0.29) is 34.3 Å². The molecule has 0 aromatic heterocycles. The summed E-state index contributed by atoms with van der Waals surface area (Å²) in [5, 5.41) is 3.53. The van der Waals surface area contributed by atoms with Gasteiger partial charge < -0.3 is 10.2 Å². The van der Waals surface area contributed by atoms with Gasteiger partial charge in [-0.3, -0.25) is 14.5 Å². The molecule has 0 saturated carbocycles. The molecule has 2 saturated heterocycles. The summed E-state index contributed by atoms with van der Waals surface area (Å²) in [5.74, 6) is -0.00876. The zero-order chi connectivity index (χ0) is 21.9. The topological polar surface area (TPSA) is 90.0 Å². The van der Waals surface area contributed by atoms with Crippen molar-refractivity contribution < 1.29 is 18.0 Å². The fraction of sp³-hybridized carbons (Fsp3) is 0.579. The molecule has 0 radical (unpaired) electrons. The van der Waals surface area contributed by atoms with E-state index < -0.39 is 10.0 Å². The van der Waals surface area contributed by atoms with Crippen LogP contribution < -0.4 is 5.32 Å². The largest absolute Gasteiger partial charge is 0.352 e. The molecule has 0 bridgehead atoms. The van der Waals surface area contributed by atoms with Crippen LogP contribution in [0.15, 0.2) is 23.1 Å². The maximum Gasteiger partial charge on any atom is 0.243 e. The predicted octanol–water partition coefficient (Wildman–Crippen LogP) is 1.43. The number of carbonyl (C=O) groups is 2. The number of benzene rings is 1. The Balaban J connectivity index is 1.46. The SMILES string of the molecule is CC(=O)N1CCC(NC(=O)CN2CCN(S(=O)(=O)c3ccc(Cl)c(Cl)c3)CC2)CC1. The second kappa shape index (κ2) is 9.82. The zero-order valence-electron chi connectivity index (χ0n) is 16.8. The van der Waals surface area contributed by atoms with Gasteiger partial charge >= 0.3 is 0 Å². The first-order valence-electron chi connectivity index (χ1n) is 9.89. The summed E-state index contributed by atoms with van der Waals surface area (Å²) in [5.41, 5.74) is 0. The lowest BCUT2D eigenvalue weighted by atomic mass is 10.1. The second-order valence-corrected chi connectivity index (χ2v) is 10.4. The van der Waals surface area contributed by atoms with Gasteiger partial charge in [-0.25, -0.2) is 8.42 Å². The Labute approximate surface area is 187 Å². The number of sulfonamides is 1. The Hall–Kier alpha value is -1.39. The van der Waals surface area contributed by atoms with Crippen LogP contribution in [0.3, 0.4) is 0 Å². The molecule has 1 aromatic carbocycles. The van der Waals surface area contributed by atoms with Gasteiger partial charge in [0, 0.05) is 52.2 Å². The highest BCUT2D eigenvalue weighted by atomic mass is 35.5. The van der Waals surface area contributed by atoms with Crippen molar-refractivity contribution in [2.24, 2.45) is 0 Å². The maximum atomic E-state index is 12.8. The zero-order valence-corrected chi connectivity index (χ0v) is 19.1. The molecule has 2 fully saturated rings. The van der Waals surface area contributed by atoms with Gasteiger partial charge in [0.15, 0.2) is 0 Å². The average molecular weight is 477 g/mol. The molecule has 166 valence electrons. The molecular weight excluding hydrogens is 451 g/mol. The Morgan fingerprint density at radius 3 is 2.23 bits per heavy atom. The molecular formula is C19H26Cl2N4O4S. The predicted molar refractivity (Wildman–Crippen MR) is 115 cm³/mol. The van der Waals surface area contributed by atoms with Crippen LogP contribution in [0.25, 0.3) is 0 Å². The number of nitrogens with one attached hydrogen (secondary N) is 1. The first-order valence-corrected chi connectivity index (χ1v) is 12.1. The molecule has 2 amide bonds.